The van der Waals surface area contributed by atoms with Crippen molar-refractivity contribution < 1.29 is 4.79 Å². The lowest BCUT2D eigenvalue weighted by Gasteiger charge is -2.27. The summed E-state index contributed by atoms with van der Waals surface area (Å²) in [5.41, 5.74) is 0.553. The van der Waals surface area contributed by atoms with Crippen LogP contribution in [0.1, 0.15) is 43.7 Å². The second-order valence-corrected chi connectivity index (χ2v) is 8.20. The third-order valence-corrected chi connectivity index (χ3v) is 5.72. The van der Waals surface area contributed by atoms with E-state index in [2.05, 4.69) is 32.9 Å². The van der Waals surface area contributed by atoms with E-state index in [9.17, 15) is 9.59 Å². The Balaban J connectivity index is 1.62. The van der Waals surface area contributed by atoms with Crippen LogP contribution < -0.4 is 5.69 Å². The molecule has 0 unspecified atom stereocenters. The van der Waals surface area contributed by atoms with Gasteiger partial charge < -0.3 is 4.90 Å². The van der Waals surface area contributed by atoms with E-state index in [1.165, 1.54) is 4.68 Å². The van der Waals surface area contributed by atoms with Crippen molar-refractivity contribution in [3.63, 3.8) is 0 Å². The third kappa shape index (κ3) is 3.22. The highest BCUT2D eigenvalue weighted by molar-refractivity contribution is 9.10. The van der Waals surface area contributed by atoms with Gasteiger partial charge in [-0.25, -0.2) is 9.48 Å². The molecule has 138 valence electrons. The molecule has 2 atom stereocenters. The maximum Gasteiger partial charge on any atom is 0.347 e. The van der Waals surface area contributed by atoms with Crippen LogP contribution in [-0.2, 0) is 17.8 Å². The van der Waals surface area contributed by atoms with Crippen LogP contribution in [0.5, 0.6) is 0 Å². The molecule has 2 aromatic heterocycles. The number of halogens is 1. The van der Waals surface area contributed by atoms with E-state index in [-0.39, 0.29) is 11.6 Å². The van der Waals surface area contributed by atoms with Crippen molar-refractivity contribution >= 4 is 21.8 Å². The topological polar surface area (TPSA) is 73.0 Å². The van der Waals surface area contributed by atoms with Crippen LogP contribution in [0.2, 0.25) is 0 Å². The van der Waals surface area contributed by atoms with Crippen LogP contribution in [0.4, 0.5) is 0 Å². The minimum Gasteiger partial charge on any atom is -0.341 e. The number of fused-ring (bicyclic) bond motifs is 1. The zero-order valence-corrected chi connectivity index (χ0v) is 16.4. The monoisotopic (exact) mass is 419 g/mol. The fourth-order valence-corrected chi connectivity index (χ4v) is 4.10. The van der Waals surface area contributed by atoms with Crippen LogP contribution >= 0.6 is 15.9 Å². The number of nitrogens with zero attached hydrogens (tertiary/aromatic N) is 5. The first-order valence-electron chi connectivity index (χ1n) is 9.10. The van der Waals surface area contributed by atoms with Crippen LogP contribution in [0.25, 0.3) is 0 Å². The minimum atomic E-state index is -0.414. The largest absolute Gasteiger partial charge is 0.347 e. The molecule has 26 heavy (non-hydrogen) atoms. The molecule has 1 fully saturated rings. The number of likely N-dealkylation sites (tertiary alicyclic amines) is 1. The lowest BCUT2D eigenvalue weighted by molar-refractivity contribution is -0.134. The quantitative estimate of drug-likeness (QED) is 0.762. The maximum absolute atomic E-state index is 13.0. The van der Waals surface area contributed by atoms with E-state index < -0.39 is 6.04 Å². The molecule has 0 aromatic carbocycles. The summed E-state index contributed by atoms with van der Waals surface area (Å²) in [5.74, 6) is 1.31. The molecule has 0 bridgehead atoms. The number of pyridine rings is 1. The Labute approximate surface area is 160 Å². The Bertz CT molecular complexity index is 873. The summed E-state index contributed by atoms with van der Waals surface area (Å²) in [6, 6.07) is 3.34. The number of rotatable bonds is 3. The Morgan fingerprint density at radius 1 is 1.35 bits per heavy atom. The molecule has 0 aliphatic carbocycles. The van der Waals surface area contributed by atoms with Crippen LogP contribution in [-0.4, -0.2) is 43.2 Å². The van der Waals surface area contributed by atoms with E-state index in [1.54, 1.807) is 10.8 Å². The molecule has 2 aliphatic heterocycles. The number of aryl methyl sites for hydroxylation is 1. The molecule has 1 saturated heterocycles. The van der Waals surface area contributed by atoms with Gasteiger partial charge in [0.15, 0.2) is 0 Å². The second-order valence-electron chi connectivity index (χ2n) is 7.28. The lowest BCUT2D eigenvalue weighted by atomic mass is 10.0. The van der Waals surface area contributed by atoms with E-state index >= 15 is 0 Å². The van der Waals surface area contributed by atoms with E-state index in [0.717, 1.165) is 42.5 Å². The maximum atomic E-state index is 13.0. The van der Waals surface area contributed by atoms with Gasteiger partial charge in [0, 0.05) is 30.2 Å². The highest BCUT2D eigenvalue weighted by Crippen LogP contribution is 2.26. The Hall–Kier alpha value is -1.96. The summed E-state index contributed by atoms with van der Waals surface area (Å²) in [6.45, 7) is 4.05. The van der Waals surface area contributed by atoms with Crippen LogP contribution in [0.15, 0.2) is 27.6 Å². The number of amides is 1. The van der Waals surface area contributed by atoms with Crippen LogP contribution in [0.3, 0.4) is 0 Å². The van der Waals surface area contributed by atoms with Gasteiger partial charge in [-0.05, 0) is 53.2 Å². The summed E-state index contributed by atoms with van der Waals surface area (Å²) >= 11 is 3.36. The van der Waals surface area contributed by atoms with Gasteiger partial charge in [-0.2, -0.15) is 5.10 Å². The number of hydrogen-bond acceptors (Lipinski definition) is 4. The highest BCUT2D eigenvalue weighted by Gasteiger charge is 2.35. The van der Waals surface area contributed by atoms with Gasteiger partial charge in [0.1, 0.15) is 11.9 Å². The zero-order valence-electron chi connectivity index (χ0n) is 14.8. The van der Waals surface area contributed by atoms with Crippen molar-refractivity contribution in [2.45, 2.75) is 45.2 Å². The third-order valence-electron chi connectivity index (χ3n) is 5.25. The average Bonchev–Trinajstić information content (AvgIpc) is 3.20. The predicted octanol–water partition coefficient (Wildman–Crippen LogP) is 2.00. The lowest BCUT2D eigenvalue weighted by Crippen LogP contribution is -2.41. The predicted molar refractivity (Wildman–Crippen MR) is 99.9 cm³/mol. The SMILES string of the molecule is C[C@H]1CCN(C(=O)[C@@H]2CCCc3nn(Cc4ccc(Br)cn4)c(=O)n32)C1. The summed E-state index contributed by atoms with van der Waals surface area (Å²) in [5, 5.41) is 4.49. The number of carbonyl (C=O) groups excluding carboxylic acids is 1. The van der Waals surface area contributed by atoms with Crippen LogP contribution in [0, 0.1) is 5.92 Å². The van der Waals surface area contributed by atoms with Crippen molar-refractivity contribution in [3.05, 3.63) is 44.8 Å². The zero-order chi connectivity index (χ0) is 18.3. The van der Waals surface area contributed by atoms with Gasteiger partial charge >= 0.3 is 5.69 Å². The van der Waals surface area contributed by atoms with Gasteiger partial charge in [-0.1, -0.05) is 6.92 Å². The Morgan fingerprint density at radius 2 is 2.19 bits per heavy atom. The van der Waals surface area contributed by atoms with Crippen molar-refractivity contribution in [2.24, 2.45) is 5.92 Å². The molecule has 0 spiro atoms. The van der Waals surface area contributed by atoms with Crippen molar-refractivity contribution in [2.75, 3.05) is 13.1 Å². The first kappa shape index (κ1) is 17.5. The summed E-state index contributed by atoms with van der Waals surface area (Å²) in [6.07, 6.45) is 5.06. The van der Waals surface area contributed by atoms with Crippen molar-refractivity contribution in [1.29, 1.82) is 0 Å². The summed E-state index contributed by atoms with van der Waals surface area (Å²) in [4.78, 5) is 32.1. The van der Waals surface area contributed by atoms with Gasteiger partial charge in [0.05, 0.1) is 12.2 Å². The van der Waals surface area contributed by atoms with E-state index in [4.69, 9.17) is 0 Å². The molecule has 8 heteroatoms. The molecule has 0 radical (unpaired) electrons. The number of carbonyl (C=O) groups is 1. The van der Waals surface area contributed by atoms with E-state index in [1.807, 2.05) is 17.0 Å². The van der Waals surface area contributed by atoms with Gasteiger partial charge in [-0.3, -0.25) is 14.3 Å². The number of hydrogen-bond donors (Lipinski definition) is 0. The molecule has 2 aromatic rings. The Morgan fingerprint density at radius 3 is 2.88 bits per heavy atom. The van der Waals surface area contributed by atoms with Gasteiger partial charge in [0.25, 0.3) is 0 Å². The minimum absolute atomic E-state index is 0.0683. The average molecular weight is 420 g/mol. The molecule has 4 rings (SSSR count). The molecule has 1 amide bonds. The fraction of sp³-hybridized carbons (Fsp3) is 0.556. The van der Waals surface area contributed by atoms with E-state index in [0.29, 0.717) is 24.7 Å². The molecular weight excluding hydrogens is 398 g/mol. The van der Waals surface area contributed by atoms with Crippen molar-refractivity contribution in [1.82, 2.24) is 24.2 Å². The first-order valence-corrected chi connectivity index (χ1v) is 9.89. The standard InChI is InChI=1S/C18H22BrN5O2/c1-12-7-8-22(10-12)17(25)15-3-2-4-16-21-23(18(26)24(15)16)11-14-6-5-13(19)9-20-14/h5-6,9,12,15H,2-4,7-8,10-11H2,1H3/t12-,15-/m0/s1. The highest BCUT2D eigenvalue weighted by atomic mass is 79.9. The molecule has 4 heterocycles. The summed E-state index contributed by atoms with van der Waals surface area (Å²) < 4.78 is 3.94. The fourth-order valence-electron chi connectivity index (χ4n) is 3.87. The van der Waals surface area contributed by atoms with Gasteiger partial charge in [0.2, 0.25) is 5.91 Å². The summed E-state index contributed by atoms with van der Waals surface area (Å²) in [7, 11) is 0. The first-order chi connectivity index (χ1) is 12.5. The van der Waals surface area contributed by atoms with Crippen molar-refractivity contribution in [3.8, 4) is 0 Å². The normalized spacial score (nSPS) is 22.5. The number of aromatic nitrogens is 4. The smallest absolute Gasteiger partial charge is 0.341 e. The Kier molecular flexibility index (Phi) is 4.69. The molecule has 0 N–H and O–H groups in total. The molecule has 7 nitrogen and oxygen atoms in total. The van der Waals surface area contributed by atoms with Gasteiger partial charge in [-0.15, -0.1) is 0 Å². The second kappa shape index (κ2) is 6.98. The molecular formula is C18H22BrN5O2. The molecule has 0 saturated carbocycles. The molecule has 2 aliphatic rings.